The van der Waals surface area contributed by atoms with E-state index in [2.05, 4.69) is 20.6 Å². The van der Waals surface area contributed by atoms with Crippen molar-refractivity contribution in [2.24, 2.45) is 0 Å². The van der Waals surface area contributed by atoms with Gasteiger partial charge in [0.15, 0.2) is 6.29 Å². The van der Waals surface area contributed by atoms with E-state index in [9.17, 15) is 9.59 Å². The fourth-order valence-electron chi connectivity index (χ4n) is 1.79. The van der Waals surface area contributed by atoms with E-state index in [1.807, 2.05) is 0 Å². The highest BCUT2D eigenvalue weighted by Gasteiger charge is 2.16. The van der Waals surface area contributed by atoms with Gasteiger partial charge in [-0.05, 0) is 50.6 Å². The third-order valence-electron chi connectivity index (χ3n) is 2.69. The third-order valence-corrected chi connectivity index (χ3v) is 2.87. The van der Waals surface area contributed by atoms with Crippen LogP contribution in [0.25, 0.3) is 0 Å². The summed E-state index contributed by atoms with van der Waals surface area (Å²) in [4.78, 5) is 30.6. The Balaban J connectivity index is 2.15. The van der Waals surface area contributed by atoms with Gasteiger partial charge in [0.1, 0.15) is 11.4 Å². The van der Waals surface area contributed by atoms with Crippen LogP contribution in [0, 0.1) is 0 Å². The standard InChI is InChI=1S/C16H17ClN4O3/c1-16(2,3)24-15(23)20-12-6-4-5-11(7-12)19-13-10(9-22)8-18-14(17)21-13/h4-9H,1-3H3,(H,20,23)(H,18,19,21). The lowest BCUT2D eigenvalue weighted by molar-refractivity contribution is 0.0636. The molecule has 1 amide bonds. The van der Waals surface area contributed by atoms with Crippen molar-refractivity contribution in [2.75, 3.05) is 10.6 Å². The number of carbonyl (C=O) groups excluding carboxylic acids is 2. The average molecular weight is 349 g/mol. The number of benzene rings is 1. The van der Waals surface area contributed by atoms with E-state index < -0.39 is 11.7 Å². The molecular formula is C16H17ClN4O3. The Labute approximate surface area is 144 Å². The van der Waals surface area contributed by atoms with Crippen LogP contribution in [0.2, 0.25) is 5.28 Å². The van der Waals surface area contributed by atoms with Crippen molar-refractivity contribution in [3.63, 3.8) is 0 Å². The second kappa shape index (κ2) is 7.27. The van der Waals surface area contributed by atoms with Gasteiger partial charge in [-0.15, -0.1) is 0 Å². The Morgan fingerprint density at radius 1 is 1.29 bits per heavy atom. The van der Waals surface area contributed by atoms with Crippen LogP contribution in [0.5, 0.6) is 0 Å². The molecule has 1 heterocycles. The molecular weight excluding hydrogens is 332 g/mol. The van der Waals surface area contributed by atoms with E-state index in [4.69, 9.17) is 16.3 Å². The van der Waals surface area contributed by atoms with E-state index in [1.54, 1.807) is 45.0 Å². The van der Waals surface area contributed by atoms with Crippen LogP contribution >= 0.6 is 11.6 Å². The predicted molar refractivity (Wildman–Crippen MR) is 92.0 cm³/mol. The number of aldehydes is 1. The van der Waals surface area contributed by atoms with Gasteiger partial charge in [0.05, 0.1) is 5.56 Å². The van der Waals surface area contributed by atoms with Crippen molar-refractivity contribution in [2.45, 2.75) is 26.4 Å². The highest BCUT2D eigenvalue weighted by molar-refractivity contribution is 6.28. The maximum absolute atomic E-state index is 11.8. The zero-order valence-corrected chi connectivity index (χ0v) is 14.2. The molecule has 2 aromatic rings. The van der Waals surface area contributed by atoms with Crippen molar-refractivity contribution < 1.29 is 14.3 Å². The third kappa shape index (κ3) is 5.20. The van der Waals surface area contributed by atoms with Crippen LogP contribution in [-0.2, 0) is 4.74 Å². The van der Waals surface area contributed by atoms with Gasteiger partial charge >= 0.3 is 6.09 Å². The van der Waals surface area contributed by atoms with Crippen LogP contribution in [-0.4, -0.2) is 27.9 Å². The fourth-order valence-corrected chi connectivity index (χ4v) is 1.92. The molecule has 0 bridgehead atoms. The molecule has 2 N–H and O–H groups in total. The van der Waals surface area contributed by atoms with Gasteiger partial charge in [-0.2, -0.15) is 4.98 Å². The highest BCUT2D eigenvalue weighted by Crippen LogP contribution is 2.22. The van der Waals surface area contributed by atoms with Crippen molar-refractivity contribution in [1.29, 1.82) is 0 Å². The minimum atomic E-state index is -0.587. The number of carbonyl (C=O) groups is 2. The first-order valence-corrected chi connectivity index (χ1v) is 7.49. The summed E-state index contributed by atoms with van der Waals surface area (Å²) >= 11 is 5.75. The molecule has 0 unspecified atom stereocenters. The summed E-state index contributed by atoms with van der Waals surface area (Å²) < 4.78 is 5.20. The lowest BCUT2D eigenvalue weighted by Gasteiger charge is -2.19. The summed E-state index contributed by atoms with van der Waals surface area (Å²) in [6.45, 7) is 5.35. The lowest BCUT2D eigenvalue weighted by Crippen LogP contribution is -2.27. The van der Waals surface area contributed by atoms with E-state index in [0.717, 1.165) is 0 Å². The SMILES string of the molecule is CC(C)(C)OC(=O)Nc1cccc(Nc2nc(Cl)ncc2C=O)c1. The van der Waals surface area contributed by atoms with Crippen LogP contribution in [0.1, 0.15) is 31.1 Å². The molecule has 0 aliphatic heterocycles. The maximum atomic E-state index is 11.8. The number of amides is 1. The first-order valence-electron chi connectivity index (χ1n) is 7.11. The number of hydrogen-bond acceptors (Lipinski definition) is 6. The van der Waals surface area contributed by atoms with E-state index in [-0.39, 0.29) is 16.7 Å². The van der Waals surface area contributed by atoms with E-state index in [1.165, 1.54) is 6.20 Å². The normalized spacial score (nSPS) is 10.8. The molecule has 2 rings (SSSR count). The summed E-state index contributed by atoms with van der Waals surface area (Å²) in [7, 11) is 0. The second-order valence-corrected chi connectivity index (χ2v) is 6.23. The Bertz CT molecular complexity index is 759. The molecule has 7 nitrogen and oxygen atoms in total. The van der Waals surface area contributed by atoms with Gasteiger partial charge < -0.3 is 10.1 Å². The quantitative estimate of drug-likeness (QED) is 0.640. The van der Waals surface area contributed by atoms with Gasteiger partial charge in [0.2, 0.25) is 5.28 Å². The van der Waals surface area contributed by atoms with Crippen LogP contribution in [0.15, 0.2) is 30.5 Å². The Hall–Kier alpha value is -2.67. The van der Waals surface area contributed by atoms with Crippen LogP contribution in [0.3, 0.4) is 0 Å². The number of nitrogens with zero attached hydrogens (tertiary/aromatic N) is 2. The number of nitrogens with one attached hydrogen (secondary N) is 2. The number of anilines is 3. The average Bonchev–Trinajstić information content (AvgIpc) is 2.45. The molecule has 0 saturated carbocycles. The smallest absolute Gasteiger partial charge is 0.412 e. The molecule has 1 aromatic heterocycles. The molecule has 0 saturated heterocycles. The van der Waals surface area contributed by atoms with Crippen molar-refractivity contribution in [1.82, 2.24) is 9.97 Å². The van der Waals surface area contributed by atoms with Gasteiger partial charge in [0, 0.05) is 17.6 Å². The topological polar surface area (TPSA) is 93.2 Å². The summed E-state index contributed by atoms with van der Waals surface area (Å²) in [5, 5.41) is 5.62. The van der Waals surface area contributed by atoms with Gasteiger partial charge in [-0.25, -0.2) is 9.78 Å². The molecule has 8 heteroatoms. The number of ether oxygens (including phenoxy) is 1. The van der Waals surface area contributed by atoms with Crippen LogP contribution < -0.4 is 10.6 Å². The Morgan fingerprint density at radius 3 is 2.67 bits per heavy atom. The molecule has 24 heavy (non-hydrogen) atoms. The fraction of sp³-hybridized carbons (Fsp3) is 0.250. The minimum absolute atomic E-state index is 0.0196. The van der Waals surface area contributed by atoms with E-state index >= 15 is 0 Å². The predicted octanol–water partition coefficient (Wildman–Crippen LogP) is 4.03. The first kappa shape index (κ1) is 17.7. The zero-order chi connectivity index (χ0) is 17.7. The van der Waals surface area contributed by atoms with Crippen molar-refractivity contribution >= 4 is 41.2 Å². The number of halogens is 1. The Kier molecular flexibility index (Phi) is 5.35. The Morgan fingerprint density at radius 2 is 2.00 bits per heavy atom. The number of aromatic nitrogens is 2. The monoisotopic (exact) mass is 348 g/mol. The molecule has 0 radical (unpaired) electrons. The van der Waals surface area contributed by atoms with Gasteiger partial charge in [-0.1, -0.05) is 6.07 Å². The maximum Gasteiger partial charge on any atom is 0.412 e. The molecule has 0 aliphatic rings. The summed E-state index contributed by atoms with van der Waals surface area (Å²) in [5.41, 5.74) is 0.824. The molecule has 126 valence electrons. The van der Waals surface area contributed by atoms with Crippen molar-refractivity contribution in [3.05, 3.63) is 41.3 Å². The molecule has 0 fully saturated rings. The molecule has 1 aromatic carbocycles. The molecule has 0 atom stereocenters. The van der Waals surface area contributed by atoms with Crippen molar-refractivity contribution in [3.8, 4) is 0 Å². The highest BCUT2D eigenvalue weighted by atomic mass is 35.5. The van der Waals surface area contributed by atoms with E-state index in [0.29, 0.717) is 17.7 Å². The number of rotatable bonds is 4. The van der Waals surface area contributed by atoms with Crippen LogP contribution in [0.4, 0.5) is 22.0 Å². The zero-order valence-electron chi connectivity index (χ0n) is 13.5. The summed E-state index contributed by atoms with van der Waals surface area (Å²) in [5.74, 6) is 0.277. The summed E-state index contributed by atoms with van der Waals surface area (Å²) in [6, 6.07) is 6.88. The van der Waals surface area contributed by atoms with Gasteiger partial charge in [-0.3, -0.25) is 10.1 Å². The number of hydrogen-bond donors (Lipinski definition) is 2. The minimum Gasteiger partial charge on any atom is -0.444 e. The largest absolute Gasteiger partial charge is 0.444 e. The summed E-state index contributed by atoms with van der Waals surface area (Å²) in [6.07, 6.45) is 1.40. The van der Waals surface area contributed by atoms with Gasteiger partial charge in [0.25, 0.3) is 0 Å². The lowest BCUT2D eigenvalue weighted by atomic mass is 10.2. The molecule has 0 aliphatic carbocycles. The first-order chi connectivity index (χ1) is 11.3. The molecule has 0 spiro atoms. The second-order valence-electron chi connectivity index (χ2n) is 5.89.